The molecule has 1 amide bonds. The van der Waals surface area contributed by atoms with Crippen molar-refractivity contribution in [2.24, 2.45) is 5.73 Å². The van der Waals surface area contributed by atoms with Gasteiger partial charge < -0.3 is 11.1 Å². The van der Waals surface area contributed by atoms with Gasteiger partial charge in [-0.2, -0.15) is 0 Å². The van der Waals surface area contributed by atoms with Crippen molar-refractivity contribution in [2.45, 2.75) is 42.7 Å². The van der Waals surface area contributed by atoms with Gasteiger partial charge in [0.25, 0.3) is 5.91 Å². The molecule has 17 heavy (non-hydrogen) atoms. The maximum Gasteiger partial charge on any atom is 0.251 e. The third-order valence-corrected chi connectivity index (χ3v) is 3.56. The van der Waals surface area contributed by atoms with Crippen molar-refractivity contribution in [2.75, 3.05) is 0 Å². The zero-order valence-corrected chi connectivity index (χ0v) is 10.6. The van der Waals surface area contributed by atoms with Gasteiger partial charge in [-0.15, -0.1) is 12.6 Å². The van der Waals surface area contributed by atoms with E-state index in [-0.39, 0.29) is 18.0 Å². The van der Waals surface area contributed by atoms with E-state index in [9.17, 15) is 4.79 Å². The van der Waals surface area contributed by atoms with Gasteiger partial charge in [0, 0.05) is 22.5 Å². The van der Waals surface area contributed by atoms with E-state index in [0.717, 1.165) is 24.2 Å². The highest BCUT2D eigenvalue weighted by Crippen LogP contribution is 2.17. The Balaban J connectivity index is 1.98. The van der Waals surface area contributed by atoms with Crippen molar-refractivity contribution >= 4 is 18.5 Å². The van der Waals surface area contributed by atoms with Gasteiger partial charge in [0.05, 0.1) is 0 Å². The number of hydrogen-bond donors (Lipinski definition) is 3. The molecule has 2 rings (SSSR count). The standard InChI is InChI=1S/C13H18N2OS/c14-11-3-1-2-4-12(11)15-13(16)9-5-7-10(17)8-6-9/h5-8,11-12,17H,1-4,14H2,(H,15,16). The number of nitrogens with two attached hydrogens (primary N) is 1. The summed E-state index contributed by atoms with van der Waals surface area (Å²) in [4.78, 5) is 12.8. The monoisotopic (exact) mass is 250 g/mol. The molecule has 0 bridgehead atoms. The Bertz CT molecular complexity index is 391. The van der Waals surface area contributed by atoms with Crippen LogP contribution in [0.1, 0.15) is 36.0 Å². The van der Waals surface area contributed by atoms with E-state index in [4.69, 9.17) is 5.73 Å². The summed E-state index contributed by atoms with van der Waals surface area (Å²) in [6, 6.07) is 7.42. The Morgan fingerprint density at radius 2 is 1.88 bits per heavy atom. The second-order valence-electron chi connectivity index (χ2n) is 4.58. The number of carbonyl (C=O) groups is 1. The van der Waals surface area contributed by atoms with Crippen LogP contribution >= 0.6 is 12.6 Å². The van der Waals surface area contributed by atoms with Gasteiger partial charge in [0.1, 0.15) is 0 Å². The maximum absolute atomic E-state index is 12.0. The highest BCUT2D eigenvalue weighted by atomic mass is 32.1. The van der Waals surface area contributed by atoms with Gasteiger partial charge in [-0.3, -0.25) is 4.79 Å². The highest BCUT2D eigenvalue weighted by Gasteiger charge is 2.23. The summed E-state index contributed by atoms with van der Waals surface area (Å²) < 4.78 is 0. The van der Waals surface area contributed by atoms with Crippen molar-refractivity contribution in [3.8, 4) is 0 Å². The van der Waals surface area contributed by atoms with Crippen molar-refractivity contribution in [3.05, 3.63) is 29.8 Å². The average molecular weight is 250 g/mol. The lowest BCUT2D eigenvalue weighted by Gasteiger charge is -2.29. The topological polar surface area (TPSA) is 55.1 Å². The summed E-state index contributed by atoms with van der Waals surface area (Å²) in [5.74, 6) is -0.0410. The third kappa shape index (κ3) is 3.23. The normalized spacial score (nSPS) is 24.4. The lowest BCUT2D eigenvalue weighted by atomic mass is 9.91. The Morgan fingerprint density at radius 1 is 1.24 bits per heavy atom. The van der Waals surface area contributed by atoms with E-state index in [2.05, 4.69) is 17.9 Å². The van der Waals surface area contributed by atoms with Gasteiger partial charge in [0.15, 0.2) is 0 Å². The summed E-state index contributed by atoms with van der Waals surface area (Å²) in [6.07, 6.45) is 4.30. The van der Waals surface area contributed by atoms with Crippen LogP contribution in [0, 0.1) is 0 Å². The number of nitrogens with one attached hydrogen (secondary N) is 1. The summed E-state index contributed by atoms with van der Waals surface area (Å²) in [5, 5.41) is 3.02. The van der Waals surface area contributed by atoms with Crippen molar-refractivity contribution in [3.63, 3.8) is 0 Å². The molecule has 1 fully saturated rings. The Kier molecular flexibility index (Phi) is 4.07. The molecular formula is C13H18N2OS. The quantitative estimate of drug-likeness (QED) is 0.703. The number of benzene rings is 1. The van der Waals surface area contributed by atoms with Crippen LogP contribution in [0.5, 0.6) is 0 Å². The predicted molar refractivity (Wildman–Crippen MR) is 71.4 cm³/mol. The fourth-order valence-electron chi connectivity index (χ4n) is 2.20. The van der Waals surface area contributed by atoms with Crippen molar-refractivity contribution in [1.29, 1.82) is 0 Å². The Morgan fingerprint density at radius 3 is 2.53 bits per heavy atom. The lowest BCUT2D eigenvalue weighted by molar-refractivity contribution is 0.0921. The predicted octanol–water partition coefficient (Wildman–Crippen LogP) is 1.97. The minimum Gasteiger partial charge on any atom is -0.348 e. The Labute approximate surface area is 107 Å². The SMILES string of the molecule is NC1CCCCC1NC(=O)c1ccc(S)cc1. The zero-order valence-electron chi connectivity index (χ0n) is 9.73. The first-order chi connectivity index (χ1) is 8.16. The van der Waals surface area contributed by atoms with Crippen molar-refractivity contribution < 1.29 is 4.79 Å². The van der Waals surface area contributed by atoms with Crippen LogP contribution in [0.15, 0.2) is 29.2 Å². The molecule has 3 nitrogen and oxygen atoms in total. The molecule has 0 aliphatic heterocycles. The molecule has 2 unspecified atom stereocenters. The van der Waals surface area contributed by atoms with E-state index in [1.807, 2.05) is 12.1 Å². The van der Waals surface area contributed by atoms with E-state index >= 15 is 0 Å². The molecule has 1 aliphatic rings. The first-order valence-corrected chi connectivity index (χ1v) is 6.47. The molecule has 92 valence electrons. The number of amides is 1. The Hall–Kier alpha value is -1.00. The van der Waals surface area contributed by atoms with Crippen LogP contribution in [-0.4, -0.2) is 18.0 Å². The average Bonchev–Trinajstić information content (AvgIpc) is 2.33. The van der Waals surface area contributed by atoms with Crippen molar-refractivity contribution in [1.82, 2.24) is 5.32 Å². The molecular weight excluding hydrogens is 232 g/mol. The number of hydrogen-bond acceptors (Lipinski definition) is 3. The number of carbonyl (C=O) groups excluding carboxylic acids is 1. The molecule has 1 saturated carbocycles. The minimum absolute atomic E-state index is 0.0410. The number of thiol groups is 1. The molecule has 1 aromatic rings. The summed E-state index contributed by atoms with van der Waals surface area (Å²) in [6.45, 7) is 0. The smallest absolute Gasteiger partial charge is 0.251 e. The number of rotatable bonds is 2. The first kappa shape index (κ1) is 12.5. The molecule has 0 heterocycles. The van der Waals surface area contributed by atoms with Gasteiger partial charge in [-0.1, -0.05) is 12.8 Å². The molecule has 0 aromatic heterocycles. The molecule has 0 saturated heterocycles. The summed E-state index contributed by atoms with van der Waals surface area (Å²) >= 11 is 4.19. The molecule has 0 radical (unpaired) electrons. The summed E-state index contributed by atoms with van der Waals surface area (Å²) in [5.41, 5.74) is 6.67. The largest absolute Gasteiger partial charge is 0.348 e. The minimum atomic E-state index is -0.0410. The second-order valence-corrected chi connectivity index (χ2v) is 5.09. The third-order valence-electron chi connectivity index (χ3n) is 3.27. The lowest BCUT2D eigenvalue weighted by Crippen LogP contribution is -2.49. The van der Waals surface area contributed by atoms with Crippen LogP contribution < -0.4 is 11.1 Å². The zero-order chi connectivity index (χ0) is 12.3. The van der Waals surface area contributed by atoms with Crippen LogP contribution in [0.4, 0.5) is 0 Å². The van der Waals surface area contributed by atoms with E-state index < -0.39 is 0 Å². The maximum atomic E-state index is 12.0. The highest BCUT2D eigenvalue weighted by molar-refractivity contribution is 7.80. The van der Waals surface area contributed by atoms with Crippen LogP contribution in [-0.2, 0) is 0 Å². The fourth-order valence-corrected chi connectivity index (χ4v) is 2.35. The van der Waals surface area contributed by atoms with E-state index in [1.54, 1.807) is 12.1 Å². The molecule has 0 spiro atoms. The molecule has 4 heteroatoms. The van der Waals surface area contributed by atoms with Gasteiger partial charge >= 0.3 is 0 Å². The summed E-state index contributed by atoms with van der Waals surface area (Å²) in [7, 11) is 0. The van der Waals surface area contributed by atoms with E-state index in [1.165, 1.54) is 6.42 Å². The van der Waals surface area contributed by atoms with E-state index in [0.29, 0.717) is 5.56 Å². The molecule has 1 aliphatic carbocycles. The fraction of sp³-hybridized carbons (Fsp3) is 0.462. The van der Waals surface area contributed by atoms with Crippen LogP contribution in [0.25, 0.3) is 0 Å². The van der Waals surface area contributed by atoms with Gasteiger partial charge in [-0.25, -0.2) is 0 Å². The first-order valence-electron chi connectivity index (χ1n) is 6.02. The van der Waals surface area contributed by atoms with Crippen LogP contribution in [0.2, 0.25) is 0 Å². The van der Waals surface area contributed by atoms with Gasteiger partial charge in [0.2, 0.25) is 0 Å². The molecule has 3 N–H and O–H groups in total. The molecule has 2 atom stereocenters. The second kappa shape index (κ2) is 5.56. The van der Waals surface area contributed by atoms with Gasteiger partial charge in [-0.05, 0) is 37.1 Å². The molecule has 1 aromatic carbocycles. The van der Waals surface area contributed by atoms with Crippen LogP contribution in [0.3, 0.4) is 0 Å².